The highest BCUT2D eigenvalue weighted by Gasteiger charge is 2.26. The molecule has 5 nitrogen and oxygen atoms in total. The lowest BCUT2D eigenvalue weighted by molar-refractivity contribution is -0.125. The van der Waals surface area contributed by atoms with Crippen LogP contribution in [0.4, 0.5) is 13.2 Å². The zero-order valence-corrected chi connectivity index (χ0v) is 11.3. The Kier molecular flexibility index (Phi) is 3.74. The van der Waals surface area contributed by atoms with Crippen molar-refractivity contribution in [2.24, 2.45) is 0 Å². The first-order valence-electron chi connectivity index (χ1n) is 5.62. The number of nitrogens with zero attached hydrogens (tertiary/aromatic N) is 1. The molecule has 1 aromatic carbocycles. The maximum atomic E-state index is 12.0. The van der Waals surface area contributed by atoms with Gasteiger partial charge in [-0.3, -0.25) is 0 Å². The number of H-pyrrole nitrogens is 1. The molecule has 0 aliphatic heterocycles. The largest absolute Gasteiger partial charge is 0.401 e. The third-order valence-corrected chi connectivity index (χ3v) is 3.67. The summed E-state index contributed by atoms with van der Waals surface area (Å²) in [7, 11) is -3.44. The van der Waals surface area contributed by atoms with Crippen LogP contribution in [0.5, 0.6) is 0 Å². The molecule has 1 aromatic heterocycles. The molecule has 0 atom stereocenters. The second-order valence-corrected chi connectivity index (χ2v) is 6.31. The average Bonchev–Trinajstić information content (AvgIpc) is 2.67. The van der Waals surface area contributed by atoms with Crippen molar-refractivity contribution in [3.05, 3.63) is 24.0 Å². The lowest BCUT2D eigenvalue weighted by atomic mass is 10.3. The smallest absolute Gasteiger partial charge is 0.341 e. The van der Waals surface area contributed by atoms with Crippen LogP contribution < -0.4 is 5.32 Å². The Hall–Kier alpha value is -1.61. The Morgan fingerprint density at radius 1 is 1.35 bits per heavy atom. The number of aromatic nitrogens is 2. The molecular formula is C11H12F3N3O2S. The minimum Gasteiger partial charge on any atom is -0.341 e. The normalized spacial score (nSPS) is 13.0. The number of hydrogen-bond acceptors (Lipinski definition) is 4. The molecule has 1 heterocycles. The molecule has 110 valence electrons. The van der Waals surface area contributed by atoms with Gasteiger partial charge in [0.05, 0.1) is 23.5 Å². The Morgan fingerprint density at radius 2 is 2.05 bits per heavy atom. The summed E-state index contributed by atoms with van der Waals surface area (Å²) in [6, 6.07) is 4.57. The van der Waals surface area contributed by atoms with Crippen LogP contribution in [-0.2, 0) is 16.4 Å². The molecule has 0 spiro atoms. The first-order valence-corrected chi connectivity index (χ1v) is 7.51. The van der Waals surface area contributed by atoms with Gasteiger partial charge in [0.2, 0.25) is 0 Å². The Morgan fingerprint density at radius 3 is 2.65 bits per heavy atom. The highest BCUT2D eigenvalue weighted by Crippen LogP contribution is 2.21. The quantitative estimate of drug-likeness (QED) is 0.900. The Labute approximate surface area is 113 Å². The molecule has 2 N–H and O–H groups in total. The number of imidazole rings is 1. The molecule has 2 rings (SSSR count). The predicted molar refractivity (Wildman–Crippen MR) is 67.0 cm³/mol. The Bertz CT molecular complexity index is 722. The van der Waals surface area contributed by atoms with Crippen LogP contribution in [0.15, 0.2) is 23.1 Å². The van der Waals surface area contributed by atoms with Gasteiger partial charge in [-0.25, -0.2) is 13.4 Å². The molecule has 0 fully saturated rings. The monoisotopic (exact) mass is 307 g/mol. The summed E-state index contributed by atoms with van der Waals surface area (Å²) in [5.41, 5.74) is 0.704. The number of fused-ring (bicyclic) bond motifs is 1. The Balaban J connectivity index is 2.26. The lowest BCUT2D eigenvalue weighted by Gasteiger charge is -2.05. The third kappa shape index (κ3) is 3.48. The zero-order chi connectivity index (χ0) is 15.0. The van der Waals surface area contributed by atoms with E-state index in [-0.39, 0.29) is 22.8 Å². The van der Waals surface area contributed by atoms with Gasteiger partial charge in [-0.2, -0.15) is 13.2 Å². The van der Waals surface area contributed by atoms with Gasteiger partial charge in [0.1, 0.15) is 11.3 Å². The highest BCUT2D eigenvalue weighted by atomic mass is 32.2. The second-order valence-electron chi connectivity index (χ2n) is 4.33. The molecule has 0 saturated carbocycles. The van der Waals surface area contributed by atoms with E-state index in [1.165, 1.54) is 6.07 Å². The van der Waals surface area contributed by atoms with Crippen molar-refractivity contribution in [2.45, 2.75) is 17.6 Å². The summed E-state index contributed by atoms with van der Waals surface area (Å²) >= 11 is 0. The maximum Gasteiger partial charge on any atom is 0.401 e. The van der Waals surface area contributed by atoms with Crippen LogP contribution in [0.1, 0.15) is 5.82 Å². The van der Waals surface area contributed by atoms with Gasteiger partial charge in [0.15, 0.2) is 9.84 Å². The van der Waals surface area contributed by atoms with E-state index in [1.54, 1.807) is 12.1 Å². The van der Waals surface area contributed by atoms with Gasteiger partial charge < -0.3 is 10.3 Å². The number of benzene rings is 1. The van der Waals surface area contributed by atoms with Crippen LogP contribution in [0, 0.1) is 0 Å². The number of rotatable bonds is 4. The standard InChI is InChI=1S/C11H12F3N3O2S/c1-20(18,19)8-4-2-3-7-10(8)17-9(16-7)5-15-6-11(12,13)14/h2-4,15H,5-6H2,1H3,(H,16,17). The van der Waals surface area contributed by atoms with E-state index in [0.717, 1.165) is 6.26 Å². The minimum absolute atomic E-state index is 0.0494. The van der Waals surface area contributed by atoms with Crippen LogP contribution in [0.3, 0.4) is 0 Å². The van der Waals surface area contributed by atoms with Crippen LogP contribution in [0.25, 0.3) is 11.0 Å². The van der Waals surface area contributed by atoms with Gasteiger partial charge in [-0.05, 0) is 12.1 Å². The summed E-state index contributed by atoms with van der Waals surface area (Å²) in [5, 5.41) is 2.19. The molecule has 20 heavy (non-hydrogen) atoms. The summed E-state index contributed by atoms with van der Waals surface area (Å²) in [4.78, 5) is 6.87. The molecule has 0 aliphatic carbocycles. The minimum atomic E-state index is -4.30. The molecule has 0 unspecified atom stereocenters. The second kappa shape index (κ2) is 5.06. The molecule has 0 aliphatic rings. The van der Waals surface area contributed by atoms with Gasteiger partial charge in [-0.15, -0.1) is 0 Å². The summed E-state index contributed by atoms with van der Waals surface area (Å²) in [6.45, 7) is -1.26. The fraction of sp³-hybridized carbons (Fsp3) is 0.364. The molecule has 2 aromatic rings. The van der Waals surface area contributed by atoms with Crippen LogP contribution in [0.2, 0.25) is 0 Å². The predicted octanol–water partition coefficient (Wildman–Crippen LogP) is 1.62. The SMILES string of the molecule is CS(=O)(=O)c1cccc2[nH]c(CNCC(F)(F)F)nc12. The number of aromatic amines is 1. The third-order valence-electron chi connectivity index (χ3n) is 2.54. The van der Waals surface area contributed by atoms with Crippen LogP contribution in [-0.4, -0.2) is 37.4 Å². The van der Waals surface area contributed by atoms with Gasteiger partial charge >= 0.3 is 6.18 Å². The van der Waals surface area contributed by atoms with Crippen molar-refractivity contribution in [3.63, 3.8) is 0 Å². The molecule has 0 amide bonds. The number of nitrogens with one attached hydrogen (secondary N) is 2. The number of para-hydroxylation sites is 1. The van der Waals surface area contributed by atoms with E-state index in [0.29, 0.717) is 5.52 Å². The van der Waals surface area contributed by atoms with Crippen molar-refractivity contribution in [3.8, 4) is 0 Å². The zero-order valence-electron chi connectivity index (χ0n) is 10.5. The van der Waals surface area contributed by atoms with Gasteiger partial charge in [0.25, 0.3) is 0 Å². The molecule has 0 bridgehead atoms. The molecular weight excluding hydrogens is 295 g/mol. The fourth-order valence-electron chi connectivity index (χ4n) is 1.76. The molecule has 0 saturated heterocycles. The summed E-state index contributed by atoms with van der Waals surface area (Å²) < 4.78 is 59.2. The van der Waals surface area contributed by atoms with E-state index in [1.807, 2.05) is 0 Å². The first-order chi connectivity index (χ1) is 9.17. The van der Waals surface area contributed by atoms with Crippen molar-refractivity contribution in [1.82, 2.24) is 15.3 Å². The molecule has 9 heteroatoms. The van der Waals surface area contributed by atoms with E-state index >= 15 is 0 Å². The topological polar surface area (TPSA) is 74.8 Å². The van der Waals surface area contributed by atoms with E-state index in [4.69, 9.17) is 0 Å². The number of hydrogen-bond donors (Lipinski definition) is 2. The molecule has 0 radical (unpaired) electrons. The number of sulfone groups is 1. The van der Waals surface area contributed by atoms with E-state index in [9.17, 15) is 21.6 Å². The number of halogens is 3. The van der Waals surface area contributed by atoms with Gasteiger partial charge in [-0.1, -0.05) is 6.07 Å². The fourth-order valence-corrected chi connectivity index (χ4v) is 2.60. The van der Waals surface area contributed by atoms with Crippen molar-refractivity contribution in [2.75, 3.05) is 12.8 Å². The van der Waals surface area contributed by atoms with Crippen molar-refractivity contribution >= 4 is 20.9 Å². The van der Waals surface area contributed by atoms with Crippen molar-refractivity contribution < 1.29 is 21.6 Å². The lowest BCUT2D eigenvalue weighted by Crippen LogP contribution is -2.28. The average molecular weight is 307 g/mol. The highest BCUT2D eigenvalue weighted by molar-refractivity contribution is 7.91. The van der Waals surface area contributed by atoms with Crippen molar-refractivity contribution in [1.29, 1.82) is 0 Å². The number of alkyl halides is 3. The maximum absolute atomic E-state index is 12.0. The first kappa shape index (κ1) is 14.8. The van der Waals surface area contributed by atoms with E-state index < -0.39 is 22.6 Å². The van der Waals surface area contributed by atoms with Gasteiger partial charge in [0, 0.05) is 6.26 Å². The van der Waals surface area contributed by atoms with Crippen LogP contribution >= 0.6 is 0 Å². The van der Waals surface area contributed by atoms with E-state index in [2.05, 4.69) is 15.3 Å². The summed E-state index contributed by atoms with van der Waals surface area (Å²) in [5.74, 6) is 0.250. The summed E-state index contributed by atoms with van der Waals surface area (Å²) in [6.07, 6.45) is -3.25.